The van der Waals surface area contributed by atoms with Gasteiger partial charge >= 0.3 is 0 Å². The summed E-state index contributed by atoms with van der Waals surface area (Å²) in [5, 5.41) is 18.2. The maximum absolute atomic E-state index is 11.7. The molecule has 0 aliphatic heterocycles. The van der Waals surface area contributed by atoms with E-state index in [1.54, 1.807) is 24.3 Å². The molecule has 2 rings (SSSR count). The zero-order chi connectivity index (χ0) is 17.5. The molecule has 0 aliphatic carbocycles. The van der Waals surface area contributed by atoms with Crippen molar-refractivity contribution in [2.24, 2.45) is 5.10 Å². The molecule has 0 saturated heterocycles. The fourth-order valence-corrected chi connectivity index (χ4v) is 2.00. The van der Waals surface area contributed by atoms with Crippen LogP contribution in [0.15, 0.2) is 47.6 Å². The summed E-state index contributed by atoms with van der Waals surface area (Å²) in [5.41, 5.74) is 3.25. The van der Waals surface area contributed by atoms with Gasteiger partial charge < -0.3 is 5.32 Å². The minimum Gasteiger partial charge on any atom is -0.376 e. The van der Waals surface area contributed by atoms with Crippen molar-refractivity contribution in [2.75, 3.05) is 11.9 Å². The van der Waals surface area contributed by atoms with Crippen molar-refractivity contribution in [3.8, 4) is 0 Å². The highest BCUT2D eigenvalue weighted by Gasteiger charge is 2.08. The number of carbonyl (C=O) groups is 1. The average Bonchev–Trinajstić information content (AvgIpc) is 2.56. The molecule has 0 aromatic heterocycles. The topological polar surface area (TPSA) is 96.6 Å². The Kier molecular flexibility index (Phi) is 6.11. The SMILES string of the molecule is O=C(CNc1ccc(Cl)cc1)N/N=C\c1cc([N+](=O)[O-])ccc1Cl. The molecule has 0 aliphatic rings. The van der Waals surface area contributed by atoms with Crippen LogP contribution in [0.25, 0.3) is 0 Å². The molecule has 7 nitrogen and oxygen atoms in total. The number of halogens is 2. The summed E-state index contributed by atoms with van der Waals surface area (Å²) in [6.45, 7) is 0.00163. The molecule has 24 heavy (non-hydrogen) atoms. The Bertz CT molecular complexity index is 779. The number of hydrogen-bond acceptors (Lipinski definition) is 5. The Morgan fingerprint density at radius 2 is 1.92 bits per heavy atom. The average molecular weight is 367 g/mol. The molecule has 0 radical (unpaired) electrons. The molecule has 2 aromatic carbocycles. The smallest absolute Gasteiger partial charge is 0.270 e. The molecule has 2 N–H and O–H groups in total. The zero-order valence-electron chi connectivity index (χ0n) is 12.2. The number of nitrogens with zero attached hydrogens (tertiary/aromatic N) is 2. The van der Waals surface area contributed by atoms with Gasteiger partial charge in [0.05, 0.1) is 17.7 Å². The highest BCUT2D eigenvalue weighted by Crippen LogP contribution is 2.20. The molecule has 1 amide bonds. The van der Waals surface area contributed by atoms with Gasteiger partial charge in [0, 0.05) is 33.4 Å². The third-order valence-electron chi connectivity index (χ3n) is 2.88. The second-order valence-corrected chi connectivity index (χ2v) is 5.46. The first-order valence-electron chi connectivity index (χ1n) is 6.71. The van der Waals surface area contributed by atoms with E-state index in [0.717, 1.165) is 5.69 Å². The maximum Gasteiger partial charge on any atom is 0.270 e. The Morgan fingerprint density at radius 1 is 1.21 bits per heavy atom. The standard InChI is InChI=1S/C15H12Cl2N4O3/c16-11-1-3-12(4-2-11)18-9-15(22)20-19-8-10-7-13(21(23)24)5-6-14(10)17/h1-8,18H,9H2,(H,20,22)/b19-8-. The van der Waals surface area contributed by atoms with Crippen LogP contribution in [-0.4, -0.2) is 23.6 Å². The van der Waals surface area contributed by atoms with Crippen LogP contribution in [0.3, 0.4) is 0 Å². The van der Waals surface area contributed by atoms with Gasteiger partial charge in [-0.1, -0.05) is 23.2 Å². The van der Waals surface area contributed by atoms with E-state index < -0.39 is 4.92 Å². The fraction of sp³-hybridized carbons (Fsp3) is 0.0667. The van der Waals surface area contributed by atoms with Crippen molar-refractivity contribution < 1.29 is 9.72 Å². The lowest BCUT2D eigenvalue weighted by Gasteiger charge is -2.05. The van der Waals surface area contributed by atoms with Crippen LogP contribution in [0, 0.1) is 10.1 Å². The molecular formula is C15H12Cl2N4O3. The Hall–Kier alpha value is -2.64. The molecule has 9 heteroatoms. The van der Waals surface area contributed by atoms with Crippen molar-refractivity contribution in [2.45, 2.75) is 0 Å². The predicted molar refractivity (Wildman–Crippen MR) is 93.8 cm³/mol. The second-order valence-electron chi connectivity index (χ2n) is 4.62. The quantitative estimate of drug-likeness (QED) is 0.464. The number of nitro benzene ring substituents is 1. The van der Waals surface area contributed by atoms with Crippen LogP contribution in [0.4, 0.5) is 11.4 Å². The minimum absolute atomic E-state index is 0.00163. The van der Waals surface area contributed by atoms with E-state index in [9.17, 15) is 14.9 Å². The number of benzene rings is 2. The van der Waals surface area contributed by atoms with Crippen molar-refractivity contribution in [3.63, 3.8) is 0 Å². The molecule has 0 fully saturated rings. The number of hydrazone groups is 1. The number of rotatable bonds is 6. The van der Waals surface area contributed by atoms with Crippen LogP contribution >= 0.6 is 23.2 Å². The Labute approximate surface area is 147 Å². The van der Waals surface area contributed by atoms with Gasteiger partial charge in [-0.15, -0.1) is 0 Å². The fourth-order valence-electron chi connectivity index (χ4n) is 1.71. The van der Waals surface area contributed by atoms with E-state index in [-0.39, 0.29) is 23.2 Å². The first-order valence-corrected chi connectivity index (χ1v) is 7.46. The summed E-state index contributed by atoms with van der Waals surface area (Å²) < 4.78 is 0. The number of carbonyl (C=O) groups excluding carboxylic acids is 1. The molecule has 0 spiro atoms. The first kappa shape index (κ1) is 17.7. The van der Waals surface area contributed by atoms with Crippen LogP contribution < -0.4 is 10.7 Å². The highest BCUT2D eigenvalue weighted by atomic mass is 35.5. The Balaban J connectivity index is 1.89. The van der Waals surface area contributed by atoms with Crippen LogP contribution in [-0.2, 0) is 4.79 Å². The van der Waals surface area contributed by atoms with Gasteiger partial charge in [0.25, 0.3) is 11.6 Å². The monoisotopic (exact) mass is 366 g/mol. The normalized spacial score (nSPS) is 10.6. The van der Waals surface area contributed by atoms with E-state index in [2.05, 4.69) is 15.8 Å². The summed E-state index contributed by atoms with van der Waals surface area (Å²) in [6, 6.07) is 10.8. The first-order chi connectivity index (χ1) is 11.5. The zero-order valence-corrected chi connectivity index (χ0v) is 13.7. The molecule has 0 heterocycles. The van der Waals surface area contributed by atoms with Crippen molar-refractivity contribution in [3.05, 3.63) is 68.2 Å². The molecule has 0 unspecified atom stereocenters. The molecular weight excluding hydrogens is 355 g/mol. The highest BCUT2D eigenvalue weighted by molar-refractivity contribution is 6.33. The van der Waals surface area contributed by atoms with E-state index >= 15 is 0 Å². The number of non-ortho nitro benzene ring substituents is 1. The third-order valence-corrected chi connectivity index (χ3v) is 3.48. The molecule has 0 saturated carbocycles. The van der Waals surface area contributed by atoms with Gasteiger partial charge in [-0.2, -0.15) is 5.10 Å². The maximum atomic E-state index is 11.7. The number of anilines is 1. The third kappa shape index (κ3) is 5.22. The van der Waals surface area contributed by atoms with E-state index in [4.69, 9.17) is 23.2 Å². The van der Waals surface area contributed by atoms with Crippen molar-refractivity contribution in [1.82, 2.24) is 5.43 Å². The Morgan fingerprint density at radius 3 is 2.58 bits per heavy atom. The lowest BCUT2D eigenvalue weighted by Crippen LogP contribution is -2.25. The van der Waals surface area contributed by atoms with E-state index in [1.165, 1.54) is 24.4 Å². The van der Waals surface area contributed by atoms with Gasteiger partial charge in [-0.3, -0.25) is 14.9 Å². The van der Waals surface area contributed by atoms with Gasteiger partial charge in [-0.05, 0) is 30.3 Å². The van der Waals surface area contributed by atoms with E-state index in [0.29, 0.717) is 10.6 Å². The lowest BCUT2D eigenvalue weighted by molar-refractivity contribution is -0.384. The molecule has 0 atom stereocenters. The van der Waals surface area contributed by atoms with Gasteiger partial charge in [-0.25, -0.2) is 5.43 Å². The number of amides is 1. The molecule has 2 aromatic rings. The number of nitrogens with one attached hydrogen (secondary N) is 2. The number of hydrogen-bond donors (Lipinski definition) is 2. The molecule has 124 valence electrons. The second kappa shape index (κ2) is 8.28. The molecule has 0 bridgehead atoms. The summed E-state index contributed by atoms with van der Waals surface area (Å²) in [6.07, 6.45) is 1.25. The van der Waals surface area contributed by atoms with Crippen LogP contribution in [0.5, 0.6) is 0 Å². The van der Waals surface area contributed by atoms with Crippen molar-refractivity contribution >= 4 is 46.7 Å². The minimum atomic E-state index is -0.539. The lowest BCUT2D eigenvalue weighted by atomic mass is 10.2. The predicted octanol–water partition coefficient (Wildman–Crippen LogP) is 3.46. The van der Waals surface area contributed by atoms with Crippen LogP contribution in [0.2, 0.25) is 10.0 Å². The summed E-state index contributed by atoms with van der Waals surface area (Å²) in [7, 11) is 0. The summed E-state index contributed by atoms with van der Waals surface area (Å²) >= 11 is 11.7. The summed E-state index contributed by atoms with van der Waals surface area (Å²) in [4.78, 5) is 21.9. The van der Waals surface area contributed by atoms with Crippen LogP contribution in [0.1, 0.15) is 5.56 Å². The summed E-state index contributed by atoms with van der Waals surface area (Å²) in [5.74, 6) is -0.386. The van der Waals surface area contributed by atoms with Gasteiger partial charge in [0.15, 0.2) is 0 Å². The van der Waals surface area contributed by atoms with E-state index in [1.807, 2.05) is 0 Å². The van der Waals surface area contributed by atoms with Crippen molar-refractivity contribution in [1.29, 1.82) is 0 Å². The number of nitro groups is 1. The largest absolute Gasteiger partial charge is 0.376 e. The van der Waals surface area contributed by atoms with Gasteiger partial charge in [0.1, 0.15) is 0 Å². The van der Waals surface area contributed by atoms with Gasteiger partial charge in [0.2, 0.25) is 0 Å².